The van der Waals surface area contributed by atoms with Crippen LogP contribution in [0.3, 0.4) is 0 Å². The van der Waals surface area contributed by atoms with Crippen LogP contribution in [0.4, 0.5) is 8.78 Å². The molecule has 6 nitrogen and oxygen atoms in total. The molecule has 2 atom stereocenters. The summed E-state index contributed by atoms with van der Waals surface area (Å²) in [5, 5.41) is 10.1. The Kier molecular flexibility index (Phi) is 6.00. The highest BCUT2D eigenvalue weighted by molar-refractivity contribution is 6.07. The van der Waals surface area contributed by atoms with Gasteiger partial charge in [0.15, 0.2) is 0 Å². The molecule has 4 rings (SSSR count). The number of alkyl halides is 1. The molecule has 3 heterocycles. The van der Waals surface area contributed by atoms with Crippen LogP contribution in [-0.4, -0.2) is 45.6 Å². The number of aryl methyl sites for hydroxylation is 1. The molecule has 1 aliphatic heterocycles. The Balaban J connectivity index is 0.00000225. The fourth-order valence-electron chi connectivity index (χ4n) is 3.59. The van der Waals surface area contributed by atoms with Gasteiger partial charge in [0.25, 0.3) is 5.91 Å². The van der Waals surface area contributed by atoms with E-state index in [-0.39, 0.29) is 29.9 Å². The molecule has 9 heteroatoms. The number of aromatic nitrogens is 3. The van der Waals surface area contributed by atoms with Crippen LogP contribution in [0.25, 0.3) is 10.9 Å². The maximum Gasteiger partial charge on any atom is 0.253 e. The minimum Gasteiger partial charge on any atom is -0.346 e. The fraction of sp³-hybridized carbons (Fsp3) is 0.368. The number of carbonyl (C=O) groups is 1. The molecular formula is C19H22ClF2N5O. The van der Waals surface area contributed by atoms with E-state index < -0.39 is 23.9 Å². The number of hydrogen-bond acceptors (Lipinski definition) is 3. The van der Waals surface area contributed by atoms with Gasteiger partial charge in [-0.2, -0.15) is 5.10 Å². The van der Waals surface area contributed by atoms with E-state index in [4.69, 9.17) is 0 Å². The molecule has 0 aliphatic carbocycles. The third kappa shape index (κ3) is 3.88. The maximum atomic E-state index is 14.5. The molecule has 2 N–H and O–H groups in total. The van der Waals surface area contributed by atoms with E-state index in [1.165, 1.54) is 6.07 Å². The van der Waals surface area contributed by atoms with E-state index in [0.29, 0.717) is 25.0 Å². The molecule has 0 bridgehead atoms. The highest BCUT2D eigenvalue weighted by Crippen LogP contribution is 2.26. The second-order valence-electron chi connectivity index (χ2n) is 6.92. The number of rotatable bonds is 4. The number of halogens is 3. The molecule has 1 aliphatic rings. The quantitative estimate of drug-likeness (QED) is 0.695. The summed E-state index contributed by atoms with van der Waals surface area (Å²) in [6, 6.07) is 4.15. The highest BCUT2D eigenvalue weighted by atomic mass is 35.5. The number of piperidine rings is 1. The number of benzene rings is 1. The van der Waals surface area contributed by atoms with Crippen molar-refractivity contribution in [3.05, 3.63) is 53.7 Å². The third-order valence-corrected chi connectivity index (χ3v) is 4.94. The van der Waals surface area contributed by atoms with Crippen molar-refractivity contribution in [3.8, 4) is 0 Å². The Hall–Kier alpha value is -2.45. The topological polar surface area (TPSA) is 63.9 Å². The number of fused-ring (bicyclic) bond motifs is 1. The zero-order valence-corrected chi connectivity index (χ0v) is 16.2. The van der Waals surface area contributed by atoms with Crippen molar-refractivity contribution in [1.29, 1.82) is 0 Å². The standard InChI is InChI=1S/C19H21F2N5O.ClH/c1-25-9-12(7-23-25)10-26-11-13(18-14(20)3-2-4-17(18)26)19(27)24-16-5-6-22-8-15(16)21;/h2-4,7,9,11,15-16,22H,5-6,8,10H2,1H3,(H,24,27);1H/t15-,16+;/m1./s1. The van der Waals surface area contributed by atoms with Gasteiger partial charge < -0.3 is 15.2 Å². The van der Waals surface area contributed by atoms with E-state index in [2.05, 4.69) is 15.7 Å². The van der Waals surface area contributed by atoms with Gasteiger partial charge >= 0.3 is 0 Å². The van der Waals surface area contributed by atoms with Gasteiger partial charge in [0.05, 0.1) is 29.9 Å². The minimum atomic E-state index is -1.16. The van der Waals surface area contributed by atoms with Crippen molar-refractivity contribution in [2.45, 2.75) is 25.2 Å². The van der Waals surface area contributed by atoms with Gasteiger partial charge in [-0.3, -0.25) is 9.48 Å². The first-order chi connectivity index (χ1) is 13.0. The van der Waals surface area contributed by atoms with Gasteiger partial charge in [-0.25, -0.2) is 8.78 Å². The molecule has 0 spiro atoms. The first-order valence-corrected chi connectivity index (χ1v) is 8.93. The molecule has 3 aromatic rings. The van der Waals surface area contributed by atoms with E-state index in [0.717, 1.165) is 5.56 Å². The Morgan fingerprint density at radius 1 is 1.39 bits per heavy atom. The van der Waals surface area contributed by atoms with E-state index >= 15 is 0 Å². The monoisotopic (exact) mass is 409 g/mol. The summed E-state index contributed by atoms with van der Waals surface area (Å²) in [5.41, 5.74) is 1.77. The average Bonchev–Trinajstić information content (AvgIpc) is 3.22. The Bertz CT molecular complexity index is 986. The van der Waals surface area contributed by atoms with Crippen molar-refractivity contribution in [3.63, 3.8) is 0 Å². The van der Waals surface area contributed by atoms with Crippen molar-refractivity contribution < 1.29 is 13.6 Å². The summed E-state index contributed by atoms with van der Waals surface area (Å²) in [6.07, 6.45) is 4.58. The van der Waals surface area contributed by atoms with Crippen LogP contribution in [0.2, 0.25) is 0 Å². The SMILES string of the molecule is Cl.Cn1cc(Cn2cc(C(=O)N[C@H]3CCNC[C@H]3F)c3c(F)cccc32)cn1. The van der Waals surface area contributed by atoms with Crippen LogP contribution in [0, 0.1) is 5.82 Å². The summed E-state index contributed by atoms with van der Waals surface area (Å²) in [4.78, 5) is 12.8. The number of nitrogens with one attached hydrogen (secondary N) is 2. The van der Waals surface area contributed by atoms with Crippen molar-refractivity contribution >= 4 is 29.2 Å². The highest BCUT2D eigenvalue weighted by Gasteiger charge is 2.28. The number of hydrogen-bond donors (Lipinski definition) is 2. The van der Waals surface area contributed by atoms with Gasteiger partial charge in [0, 0.05) is 36.9 Å². The van der Waals surface area contributed by atoms with Gasteiger partial charge in [0.2, 0.25) is 0 Å². The second-order valence-corrected chi connectivity index (χ2v) is 6.92. The van der Waals surface area contributed by atoms with Gasteiger partial charge in [0.1, 0.15) is 12.0 Å². The van der Waals surface area contributed by atoms with Crippen molar-refractivity contribution in [2.24, 2.45) is 7.05 Å². The Morgan fingerprint density at radius 3 is 2.93 bits per heavy atom. The van der Waals surface area contributed by atoms with Crippen LogP contribution in [-0.2, 0) is 13.6 Å². The van der Waals surface area contributed by atoms with Gasteiger partial charge in [-0.15, -0.1) is 12.4 Å². The minimum absolute atomic E-state index is 0. The molecule has 150 valence electrons. The predicted molar refractivity (Wildman–Crippen MR) is 105 cm³/mol. The maximum absolute atomic E-state index is 14.5. The largest absolute Gasteiger partial charge is 0.346 e. The molecule has 28 heavy (non-hydrogen) atoms. The summed E-state index contributed by atoms with van der Waals surface area (Å²) in [7, 11) is 1.82. The molecule has 1 fully saturated rings. The first kappa shape index (κ1) is 20.3. The fourth-order valence-corrected chi connectivity index (χ4v) is 3.59. The van der Waals surface area contributed by atoms with Gasteiger partial charge in [-0.1, -0.05) is 6.07 Å². The normalized spacial score (nSPS) is 19.4. The van der Waals surface area contributed by atoms with Crippen LogP contribution < -0.4 is 10.6 Å². The molecule has 2 aromatic heterocycles. The average molecular weight is 410 g/mol. The summed E-state index contributed by atoms with van der Waals surface area (Å²) >= 11 is 0. The van der Waals surface area contributed by atoms with Crippen LogP contribution in [0.5, 0.6) is 0 Å². The zero-order valence-electron chi connectivity index (χ0n) is 15.4. The number of carbonyl (C=O) groups excluding carboxylic acids is 1. The Labute approximate surface area is 167 Å². The Morgan fingerprint density at radius 2 is 2.21 bits per heavy atom. The lowest BCUT2D eigenvalue weighted by atomic mass is 10.0. The van der Waals surface area contributed by atoms with Crippen LogP contribution >= 0.6 is 12.4 Å². The van der Waals surface area contributed by atoms with Crippen molar-refractivity contribution in [2.75, 3.05) is 13.1 Å². The smallest absolute Gasteiger partial charge is 0.253 e. The zero-order chi connectivity index (χ0) is 19.0. The molecule has 0 unspecified atom stereocenters. The molecule has 1 amide bonds. The lowest BCUT2D eigenvalue weighted by molar-refractivity contribution is 0.0893. The molecule has 1 saturated heterocycles. The van der Waals surface area contributed by atoms with Gasteiger partial charge in [-0.05, 0) is 25.1 Å². The predicted octanol–water partition coefficient (Wildman–Crippen LogP) is 2.41. The lowest BCUT2D eigenvalue weighted by Crippen LogP contribution is -2.50. The first-order valence-electron chi connectivity index (χ1n) is 8.93. The molecule has 1 aromatic carbocycles. The second kappa shape index (κ2) is 8.28. The molecule has 0 saturated carbocycles. The summed E-state index contributed by atoms with van der Waals surface area (Å²) in [5.74, 6) is -0.922. The van der Waals surface area contributed by atoms with Crippen molar-refractivity contribution in [1.82, 2.24) is 25.0 Å². The van der Waals surface area contributed by atoms with Crippen LogP contribution in [0.1, 0.15) is 22.3 Å². The summed E-state index contributed by atoms with van der Waals surface area (Å²) < 4.78 is 32.1. The lowest BCUT2D eigenvalue weighted by Gasteiger charge is -2.27. The van der Waals surface area contributed by atoms with Crippen LogP contribution in [0.15, 0.2) is 36.8 Å². The van der Waals surface area contributed by atoms with E-state index in [1.807, 2.05) is 17.8 Å². The number of amides is 1. The third-order valence-electron chi connectivity index (χ3n) is 4.94. The number of nitrogens with zero attached hydrogens (tertiary/aromatic N) is 3. The van der Waals surface area contributed by atoms with E-state index in [9.17, 15) is 13.6 Å². The van der Waals surface area contributed by atoms with E-state index in [1.54, 1.807) is 29.2 Å². The summed E-state index contributed by atoms with van der Waals surface area (Å²) in [6.45, 7) is 1.31. The molecule has 0 radical (unpaired) electrons. The molecular weight excluding hydrogens is 388 g/mol.